The van der Waals surface area contributed by atoms with Crippen molar-refractivity contribution in [3.05, 3.63) is 30.3 Å². The molecule has 1 aliphatic rings. The third kappa shape index (κ3) is 1.46. The first kappa shape index (κ1) is 10.7. The number of para-hydroxylation sites is 1. The van der Waals surface area contributed by atoms with Crippen LogP contribution in [0.2, 0.25) is 0 Å². The van der Waals surface area contributed by atoms with Crippen LogP contribution in [0.4, 0.5) is 10.5 Å². The molecule has 1 heterocycles. The zero-order valence-electron chi connectivity index (χ0n) is 9.38. The van der Waals surface area contributed by atoms with Gasteiger partial charge in [0.15, 0.2) is 0 Å². The lowest BCUT2D eigenvalue weighted by Gasteiger charge is -2.16. The summed E-state index contributed by atoms with van der Waals surface area (Å²) in [5.74, 6) is -0.155. The second kappa shape index (κ2) is 3.96. The Kier molecular flexibility index (Phi) is 2.64. The first-order valence-electron chi connectivity index (χ1n) is 5.36. The molecule has 2 rings (SSSR count). The van der Waals surface area contributed by atoms with Crippen LogP contribution in [0.5, 0.6) is 0 Å². The Morgan fingerprint density at radius 3 is 2.31 bits per heavy atom. The van der Waals surface area contributed by atoms with Crippen molar-refractivity contribution in [2.24, 2.45) is 0 Å². The summed E-state index contributed by atoms with van der Waals surface area (Å²) in [6.45, 7) is 4.18. The molecular weight excluding hydrogens is 204 g/mol. The maximum atomic E-state index is 12.0. The van der Waals surface area contributed by atoms with Crippen molar-refractivity contribution >= 4 is 17.6 Å². The number of rotatable bonds is 2. The third-order valence-electron chi connectivity index (χ3n) is 2.84. The van der Waals surface area contributed by atoms with E-state index in [2.05, 4.69) is 0 Å². The fourth-order valence-electron chi connectivity index (χ4n) is 1.93. The Labute approximate surface area is 94.5 Å². The first-order valence-corrected chi connectivity index (χ1v) is 5.36. The molecule has 1 saturated heterocycles. The fourth-order valence-corrected chi connectivity index (χ4v) is 1.93. The number of nitrogens with zero attached hydrogens (tertiary/aromatic N) is 2. The lowest BCUT2D eigenvalue weighted by Crippen LogP contribution is -2.33. The fraction of sp³-hybridized carbons (Fsp3) is 0.333. The molecule has 3 amide bonds. The first-order chi connectivity index (χ1) is 7.66. The number of hydrogen-bond acceptors (Lipinski definition) is 2. The van der Waals surface area contributed by atoms with Crippen LogP contribution in [-0.4, -0.2) is 29.4 Å². The number of anilines is 1. The molecular formula is C12H14N2O2. The van der Waals surface area contributed by atoms with Crippen molar-refractivity contribution < 1.29 is 9.59 Å². The molecule has 0 aromatic heterocycles. The number of hydrogen-bond donors (Lipinski definition) is 0. The smallest absolute Gasteiger partial charge is 0.312 e. The molecule has 16 heavy (non-hydrogen) atoms. The monoisotopic (exact) mass is 218 g/mol. The van der Waals surface area contributed by atoms with Gasteiger partial charge in [-0.2, -0.15) is 0 Å². The molecule has 0 spiro atoms. The summed E-state index contributed by atoms with van der Waals surface area (Å²) in [5, 5.41) is 0. The maximum absolute atomic E-state index is 12.0. The topological polar surface area (TPSA) is 40.6 Å². The van der Waals surface area contributed by atoms with Gasteiger partial charge in [-0.05, 0) is 26.0 Å². The minimum absolute atomic E-state index is 0.155. The van der Waals surface area contributed by atoms with E-state index >= 15 is 0 Å². The number of carbonyl (C=O) groups is 2. The van der Waals surface area contributed by atoms with Gasteiger partial charge in [0.05, 0.1) is 5.69 Å². The van der Waals surface area contributed by atoms with E-state index in [0.717, 1.165) is 0 Å². The van der Waals surface area contributed by atoms with Gasteiger partial charge in [0.25, 0.3) is 5.91 Å². The molecule has 0 aliphatic carbocycles. The van der Waals surface area contributed by atoms with Gasteiger partial charge in [-0.25, -0.2) is 9.69 Å². The highest BCUT2D eigenvalue weighted by Gasteiger charge is 2.42. The summed E-state index contributed by atoms with van der Waals surface area (Å²) in [6.07, 6.45) is 0. The number of benzene rings is 1. The quantitative estimate of drug-likeness (QED) is 0.711. The van der Waals surface area contributed by atoms with Crippen LogP contribution in [0.1, 0.15) is 13.8 Å². The molecule has 0 radical (unpaired) electrons. The van der Waals surface area contributed by atoms with Crippen molar-refractivity contribution in [2.45, 2.75) is 19.9 Å². The predicted octanol–water partition coefficient (Wildman–Crippen LogP) is 1.86. The number of likely N-dealkylation sites (N-methyl/N-ethyl adjacent to an activating group) is 1. The molecule has 1 unspecified atom stereocenters. The molecule has 1 aromatic rings. The van der Waals surface area contributed by atoms with Gasteiger partial charge < -0.3 is 4.90 Å². The molecule has 0 bridgehead atoms. The van der Waals surface area contributed by atoms with Crippen LogP contribution in [0.15, 0.2) is 30.3 Å². The van der Waals surface area contributed by atoms with E-state index in [9.17, 15) is 9.59 Å². The van der Waals surface area contributed by atoms with Crippen LogP contribution in [0, 0.1) is 0 Å². The van der Waals surface area contributed by atoms with Gasteiger partial charge in [0, 0.05) is 6.54 Å². The molecule has 1 fully saturated rings. The van der Waals surface area contributed by atoms with Gasteiger partial charge in [-0.3, -0.25) is 4.79 Å². The Morgan fingerprint density at radius 2 is 1.81 bits per heavy atom. The van der Waals surface area contributed by atoms with Crippen LogP contribution in [0.25, 0.3) is 0 Å². The lowest BCUT2D eigenvalue weighted by molar-refractivity contribution is -0.119. The van der Waals surface area contributed by atoms with Crippen LogP contribution >= 0.6 is 0 Å². The molecule has 1 aromatic carbocycles. The van der Waals surface area contributed by atoms with Gasteiger partial charge >= 0.3 is 6.03 Å². The van der Waals surface area contributed by atoms with Crippen molar-refractivity contribution in [3.63, 3.8) is 0 Å². The Balaban J connectivity index is 2.37. The minimum atomic E-state index is -0.363. The van der Waals surface area contributed by atoms with E-state index < -0.39 is 0 Å². The number of urea groups is 1. The molecule has 4 nitrogen and oxygen atoms in total. The zero-order valence-corrected chi connectivity index (χ0v) is 9.38. The summed E-state index contributed by atoms with van der Waals surface area (Å²) >= 11 is 0. The maximum Gasteiger partial charge on any atom is 0.332 e. The van der Waals surface area contributed by atoms with Crippen LogP contribution in [-0.2, 0) is 4.79 Å². The highest BCUT2D eigenvalue weighted by Crippen LogP contribution is 2.24. The number of carbonyl (C=O) groups excluding carboxylic acids is 2. The standard InChI is InChI=1S/C12H14N2O2/c1-3-13-9(2)11(15)14(12(13)16)10-7-5-4-6-8-10/h4-9H,3H2,1-2H3. The third-order valence-corrected chi connectivity index (χ3v) is 2.84. The van der Waals surface area contributed by atoms with Crippen LogP contribution < -0.4 is 4.90 Å². The van der Waals surface area contributed by atoms with Crippen molar-refractivity contribution in [2.75, 3.05) is 11.4 Å². The van der Waals surface area contributed by atoms with E-state index in [1.165, 1.54) is 4.90 Å². The highest BCUT2D eigenvalue weighted by atomic mass is 16.2. The molecule has 0 saturated carbocycles. The van der Waals surface area contributed by atoms with Crippen molar-refractivity contribution in [1.29, 1.82) is 0 Å². The largest absolute Gasteiger partial charge is 0.332 e. The summed E-state index contributed by atoms with van der Waals surface area (Å²) in [6, 6.07) is 8.42. The molecule has 1 atom stereocenters. The SMILES string of the molecule is CCN1C(=O)N(c2ccccc2)C(=O)C1C. The van der Waals surface area contributed by atoms with Gasteiger partial charge in [-0.15, -0.1) is 0 Å². The lowest BCUT2D eigenvalue weighted by atomic mass is 10.2. The van der Waals surface area contributed by atoms with E-state index in [1.807, 2.05) is 25.1 Å². The average molecular weight is 218 g/mol. The molecule has 4 heteroatoms. The molecule has 1 aliphatic heterocycles. The number of imide groups is 1. The molecule has 0 N–H and O–H groups in total. The Morgan fingerprint density at radius 1 is 1.19 bits per heavy atom. The van der Waals surface area contributed by atoms with E-state index in [0.29, 0.717) is 12.2 Å². The van der Waals surface area contributed by atoms with E-state index in [-0.39, 0.29) is 18.0 Å². The second-order valence-electron chi connectivity index (χ2n) is 3.75. The summed E-state index contributed by atoms with van der Waals surface area (Å²) in [7, 11) is 0. The number of amides is 3. The van der Waals surface area contributed by atoms with Gasteiger partial charge in [0.2, 0.25) is 0 Å². The summed E-state index contributed by atoms with van der Waals surface area (Å²) in [5.41, 5.74) is 0.639. The van der Waals surface area contributed by atoms with Gasteiger partial charge in [-0.1, -0.05) is 18.2 Å². The minimum Gasteiger partial charge on any atom is -0.312 e. The van der Waals surface area contributed by atoms with Gasteiger partial charge in [0.1, 0.15) is 6.04 Å². The second-order valence-corrected chi connectivity index (χ2v) is 3.75. The normalized spacial score (nSPS) is 20.8. The summed E-state index contributed by atoms with van der Waals surface area (Å²) < 4.78 is 0. The predicted molar refractivity (Wildman–Crippen MR) is 61.2 cm³/mol. The molecule has 84 valence electrons. The van der Waals surface area contributed by atoms with Crippen LogP contribution in [0.3, 0.4) is 0 Å². The van der Waals surface area contributed by atoms with E-state index in [4.69, 9.17) is 0 Å². The zero-order chi connectivity index (χ0) is 11.7. The highest BCUT2D eigenvalue weighted by molar-refractivity contribution is 6.21. The average Bonchev–Trinajstić information content (AvgIpc) is 2.51. The van der Waals surface area contributed by atoms with Crippen molar-refractivity contribution in [3.8, 4) is 0 Å². The Bertz CT molecular complexity index is 416. The summed E-state index contributed by atoms with van der Waals surface area (Å²) in [4.78, 5) is 26.7. The van der Waals surface area contributed by atoms with E-state index in [1.54, 1.807) is 24.0 Å². The van der Waals surface area contributed by atoms with Crippen molar-refractivity contribution in [1.82, 2.24) is 4.90 Å². The Hall–Kier alpha value is -1.84.